The molecule has 0 bridgehead atoms. The maximum atomic E-state index is 11.8. The summed E-state index contributed by atoms with van der Waals surface area (Å²) in [5.74, 6) is 0.201. The Labute approximate surface area is 105 Å². The summed E-state index contributed by atoms with van der Waals surface area (Å²) in [6, 6.07) is -0.124. The number of primary amides is 1. The fraction of sp³-hybridized carbons (Fsp3) is 0.636. The maximum absolute atomic E-state index is 11.8. The third kappa shape index (κ3) is 2.54. The van der Waals surface area contributed by atoms with Crippen molar-refractivity contribution in [1.29, 1.82) is 0 Å². The zero-order valence-corrected chi connectivity index (χ0v) is 10.3. The molecule has 1 unspecified atom stereocenters. The van der Waals surface area contributed by atoms with Crippen LogP contribution >= 0.6 is 11.6 Å². The number of nitrogens with zero attached hydrogens (tertiary/aromatic N) is 1. The Hall–Kier alpha value is -1.23. The zero-order valence-electron chi connectivity index (χ0n) is 9.54. The first-order valence-electron chi connectivity index (χ1n) is 5.74. The molecule has 94 valence electrons. The van der Waals surface area contributed by atoms with Crippen LogP contribution in [0.15, 0.2) is 11.3 Å². The van der Waals surface area contributed by atoms with E-state index in [1.807, 2.05) is 0 Å². The Bertz CT molecular complexity index is 381. The summed E-state index contributed by atoms with van der Waals surface area (Å²) < 4.78 is 0. The predicted octanol–water partition coefficient (Wildman–Crippen LogP) is 0.790. The van der Waals surface area contributed by atoms with Gasteiger partial charge in [-0.2, -0.15) is 0 Å². The summed E-state index contributed by atoms with van der Waals surface area (Å²) in [5, 5.41) is 2.87. The highest BCUT2D eigenvalue weighted by atomic mass is 35.5. The highest BCUT2D eigenvalue weighted by molar-refractivity contribution is 6.18. The number of carbonyl (C=O) groups excluding carboxylic acids is 2. The van der Waals surface area contributed by atoms with Gasteiger partial charge >= 0.3 is 6.03 Å². The Balaban J connectivity index is 2.09. The number of nitrogens with one attached hydrogen (secondary N) is 1. The van der Waals surface area contributed by atoms with Crippen molar-refractivity contribution in [2.24, 2.45) is 11.7 Å². The number of hydrogen-bond acceptors (Lipinski definition) is 2. The average molecular weight is 258 g/mol. The van der Waals surface area contributed by atoms with Crippen molar-refractivity contribution in [1.82, 2.24) is 10.2 Å². The molecule has 17 heavy (non-hydrogen) atoms. The molecule has 0 spiro atoms. The molecule has 0 radical (unpaired) electrons. The minimum absolute atomic E-state index is 0.0876. The Kier molecular flexibility index (Phi) is 3.57. The van der Waals surface area contributed by atoms with Crippen LogP contribution in [0.3, 0.4) is 0 Å². The van der Waals surface area contributed by atoms with Gasteiger partial charge in [-0.25, -0.2) is 4.79 Å². The average Bonchev–Trinajstić information content (AvgIpc) is 2.61. The number of nitrogens with two attached hydrogens (primary N) is 1. The molecule has 1 aliphatic carbocycles. The monoisotopic (exact) mass is 257 g/mol. The highest BCUT2D eigenvalue weighted by Gasteiger charge is 2.33. The Morgan fingerprint density at radius 1 is 1.59 bits per heavy atom. The number of urea groups is 1. The molecule has 6 heteroatoms. The number of halogens is 1. The van der Waals surface area contributed by atoms with Crippen molar-refractivity contribution in [3.63, 3.8) is 0 Å². The third-order valence-electron chi connectivity index (χ3n) is 3.30. The van der Waals surface area contributed by atoms with Crippen molar-refractivity contribution in [2.45, 2.75) is 19.3 Å². The van der Waals surface area contributed by atoms with Gasteiger partial charge < -0.3 is 16.0 Å². The van der Waals surface area contributed by atoms with Crippen LogP contribution in [0.4, 0.5) is 4.79 Å². The van der Waals surface area contributed by atoms with E-state index in [4.69, 9.17) is 17.3 Å². The van der Waals surface area contributed by atoms with Crippen LogP contribution in [0.2, 0.25) is 0 Å². The van der Waals surface area contributed by atoms with Gasteiger partial charge in [0.05, 0.1) is 0 Å². The Morgan fingerprint density at radius 2 is 2.35 bits per heavy atom. The van der Waals surface area contributed by atoms with Gasteiger partial charge in [0.2, 0.25) is 5.91 Å². The lowest BCUT2D eigenvalue weighted by Gasteiger charge is -2.29. The van der Waals surface area contributed by atoms with Gasteiger partial charge in [-0.3, -0.25) is 4.79 Å². The van der Waals surface area contributed by atoms with Crippen molar-refractivity contribution in [3.8, 4) is 0 Å². The van der Waals surface area contributed by atoms with Crippen molar-refractivity contribution >= 4 is 23.5 Å². The van der Waals surface area contributed by atoms with Gasteiger partial charge in [-0.1, -0.05) is 0 Å². The minimum atomic E-state index is -0.318. The van der Waals surface area contributed by atoms with Crippen molar-refractivity contribution in [3.05, 3.63) is 11.3 Å². The number of alkyl halides is 1. The van der Waals surface area contributed by atoms with Gasteiger partial charge in [-0.05, 0) is 18.4 Å². The summed E-state index contributed by atoms with van der Waals surface area (Å²) in [6.45, 7) is 1.17. The lowest BCUT2D eigenvalue weighted by Crippen LogP contribution is -2.46. The summed E-state index contributed by atoms with van der Waals surface area (Å²) in [7, 11) is 0. The molecule has 1 aliphatic heterocycles. The quantitative estimate of drug-likeness (QED) is 0.731. The molecule has 1 heterocycles. The van der Waals surface area contributed by atoms with E-state index < -0.39 is 0 Å². The second kappa shape index (κ2) is 4.96. The molecule has 2 aliphatic rings. The lowest BCUT2D eigenvalue weighted by molar-refractivity contribution is -0.118. The summed E-state index contributed by atoms with van der Waals surface area (Å²) >= 11 is 5.64. The smallest absolute Gasteiger partial charge is 0.321 e. The predicted molar refractivity (Wildman–Crippen MR) is 64.4 cm³/mol. The second-order valence-corrected chi connectivity index (χ2v) is 4.84. The van der Waals surface area contributed by atoms with Gasteiger partial charge in [0.25, 0.3) is 0 Å². The molecule has 0 aromatic carbocycles. The highest BCUT2D eigenvalue weighted by Crippen LogP contribution is 2.34. The molecule has 3 N–H and O–H groups in total. The van der Waals surface area contributed by atoms with E-state index in [9.17, 15) is 9.59 Å². The largest absolute Gasteiger partial charge is 0.370 e. The van der Waals surface area contributed by atoms with Gasteiger partial charge in [-0.15, -0.1) is 11.6 Å². The zero-order chi connectivity index (χ0) is 12.4. The normalized spacial score (nSPS) is 23.7. The van der Waals surface area contributed by atoms with E-state index in [1.54, 1.807) is 4.90 Å². The lowest BCUT2D eigenvalue weighted by atomic mass is 10.0. The molecule has 3 amide bonds. The van der Waals surface area contributed by atoms with Crippen LogP contribution in [-0.2, 0) is 4.79 Å². The Morgan fingerprint density at radius 3 is 3.00 bits per heavy atom. The first kappa shape index (κ1) is 12.2. The van der Waals surface area contributed by atoms with Crippen LogP contribution in [-0.4, -0.2) is 35.8 Å². The van der Waals surface area contributed by atoms with E-state index in [2.05, 4.69) is 5.32 Å². The van der Waals surface area contributed by atoms with Gasteiger partial charge in [0.1, 0.15) is 0 Å². The van der Waals surface area contributed by atoms with Crippen LogP contribution in [0, 0.1) is 5.92 Å². The molecule has 1 atom stereocenters. The number of allylic oxidation sites excluding steroid dienone is 1. The molecule has 2 rings (SSSR count). The molecule has 0 fully saturated rings. The first-order chi connectivity index (χ1) is 8.11. The van der Waals surface area contributed by atoms with Crippen molar-refractivity contribution in [2.75, 3.05) is 19.0 Å². The van der Waals surface area contributed by atoms with E-state index in [0.717, 1.165) is 18.5 Å². The molecular formula is C11H16ClN3O2. The fourth-order valence-corrected chi connectivity index (χ4v) is 2.70. The third-order valence-corrected chi connectivity index (χ3v) is 3.47. The minimum Gasteiger partial charge on any atom is -0.370 e. The topological polar surface area (TPSA) is 75.4 Å². The summed E-state index contributed by atoms with van der Waals surface area (Å²) in [6.07, 6.45) is 2.13. The van der Waals surface area contributed by atoms with E-state index in [1.165, 1.54) is 5.57 Å². The molecule has 0 aromatic heterocycles. The number of carbonyl (C=O) groups is 2. The van der Waals surface area contributed by atoms with Crippen molar-refractivity contribution < 1.29 is 9.59 Å². The van der Waals surface area contributed by atoms with E-state index >= 15 is 0 Å². The van der Waals surface area contributed by atoms with Gasteiger partial charge in [0, 0.05) is 37.0 Å². The summed E-state index contributed by atoms with van der Waals surface area (Å²) in [5.41, 5.74) is 7.33. The maximum Gasteiger partial charge on any atom is 0.321 e. The van der Waals surface area contributed by atoms with Crippen LogP contribution in [0.1, 0.15) is 19.3 Å². The first-order valence-corrected chi connectivity index (χ1v) is 6.27. The van der Waals surface area contributed by atoms with Crippen LogP contribution in [0.5, 0.6) is 0 Å². The molecule has 0 saturated carbocycles. The molecule has 0 aromatic rings. The SMILES string of the molecule is NC(=O)CC1CCC2=C1NC(=O)N(CCCl)C2. The molecular weight excluding hydrogens is 242 g/mol. The van der Waals surface area contributed by atoms with E-state index in [0.29, 0.717) is 25.4 Å². The van der Waals surface area contributed by atoms with Crippen LogP contribution in [0.25, 0.3) is 0 Å². The van der Waals surface area contributed by atoms with Crippen LogP contribution < -0.4 is 11.1 Å². The number of rotatable bonds is 4. The molecule has 0 saturated heterocycles. The number of amides is 3. The van der Waals surface area contributed by atoms with E-state index in [-0.39, 0.29) is 17.9 Å². The molecule has 5 nitrogen and oxygen atoms in total. The fourth-order valence-electron chi connectivity index (χ4n) is 2.50. The van der Waals surface area contributed by atoms with Gasteiger partial charge in [0.15, 0.2) is 0 Å². The standard InChI is InChI=1S/C11H16ClN3O2/c12-3-4-15-6-8-2-1-7(5-9(13)16)10(8)14-11(15)17/h7H,1-6H2,(H2,13,16)(H,14,17). The number of hydrogen-bond donors (Lipinski definition) is 2. The summed E-state index contributed by atoms with van der Waals surface area (Å²) in [4.78, 5) is 24.4. The second-order valence-electron chi connectivity index (χ2n) is 4.46.